The van der Waals surface area contributed by atoms with E-state index in [0.717, 1.165) is 0 Å². The van der Waals surface area contributed by atoms with Crippen molar-refractivity contribution < 1.29 is 15.0 Å². The Hall–Kier alpha value is -2.70. The number of phenolic OH excluding ortho intramolecular Hbond substituents is 2. The summed E-state index contributed by atoms with van der Waals surface area (Å²) in [7, 11) is 0. The van der Waals surface area contributed by atoms with Crippen molar-refractivity contribution in [2.24, 2.45) is 0 Å². The molecule has 0 bridgehead atoms. The molecule has 29 heavy (non-hydrogen) atoms. The van der Waals surface area contributed by atoms with E-state index in [0.29, 0.717) is 31.7 Å². The molecule has 0 radical (unpaired) electrons. The fourth-order valence-electron chi connectivity index (χ4n) is 3.90. The lowest BCUT2D eigenvalue weighted by molar-refractivity contribution is 0.0624. The number of amides is 1. The van der Waals surface area contributed by atoms with Gasteiger partial charge in [0.1, 0.15) is 0 Å². The van der Waals surface area contributed by atoms with Gasteiger partial charge in [-0.25, -0.2) is 0 Å². The smallest absolute Gasteiger partial charge is 0.254 e. The van der Waals surface area contributed by atoms with Crippen molar-refractivity contribution in [3.8, 4) is 11.5 Å². The molecule has 0 spiro atoms. The van der Waals surface area contributed by atoms with E-state index in [9.17, 15) is 15.0 Å². The van der Waals surface area contributed by atoms with Gasteiger partial charge in [0.25, 0.3) is 5.91 Å². The second kappa shape index (κ2) is 7.97. The number of thiol groups is 1. The molecule has 1 atom stereocenters. The molecule has 1 heterocycles. The predicted octanol–water partition coefficient (Wildman–Crippen LogP) is 3.95. The fourth-order valence-corrected chi connectivity index (χ4v) is 4.36. The molecule has 1 saturated heterocycles. The van der Waals surface area contributed by atoms with Crippen LogP contribution >= 0.6 is 12.6 Å². The fraction of sp³-hybridized carbons (Fsp3) is 0.261. The third kappa shape index (κ3) is 3.78. The van der Waals surface area contributed by atoms with Gasteiger partial charge in [0.05, 0.1) is 5.37 Å². The second-order valence-electron chi connectivity index (χ2n) is 7.42. The number of carbonyl (C=O) groups is 1. The standard InChI is InChI=1S/C23H24N2O3S/c1-15-6-8-19(18-5-3-2-4-17(15)18)23(29)25-12-10-24(11-13-25)22(28)16-7-9-20(26)21(27)14-16/h2-9,14,23,26-27,29H,10-13H2,1H3. The van der Waals surface area contributed by atoms with Crippen LogP contribution in [0, 0.1) is 6.92 Å². The van der Waals surface area contributed by atoms with E-state index in [1.165, 1.54) is 40.1 Å². The van der Waals surface area contributed by atoms with Crippen LogP contribution in [0.4, 0.5) is 0 Å². The number of hydrogen-bond acceptors (Lipinski definition) is 5. The number of fused-ring (bicyclic) bond motifs is 1. The van der Waals surface area contributed by atoms with E-state index in [1.807, 2.05) is 0 Å². The summed E-state index contributed by atoms with van der Waals surface area (Å²) in [6, 6.07) is 16.8. The Kier molecular flexibility index (Phi) is 5.39. The Labute approximate surface area is 175 Å². The first-order chi connectivity index (χ1) is 14.0. The maximum atomic E-state index is 12.7. The van der Waals surface area contributed by atoms with Crippen molar-refractivity contribution in [2.45, 2.75) is 12.3 Å². The molecule has 3 aromatic carbocycles. The average Bonchev–Trinajstić information content (AvgIpc) is 2.75. The van der Waals surface area contributed by atoms with Gasteiger partial charge in [0, 0.05) is 31.7 Å². The predicted molar refractivity (Wildman–Crippen MR) is 118 cm³/mol. The van der Waals surface area contributed by atoms with Gasteiger partial charge < -0.3 is 15.1 Å². The quantitative estimate of drug-likeness (QED) is 0.454. The zero-order valence-electron chi connectivity index (χ0n) is 16.2. The van der Waals surface area contributed by atoms with E-state index >= 15 is 0 Å². The zero-order chi connectivity index (χ0) is 20.5. The Balaban J connectivity index is 1.48. The molecule has 0 saturated carbocycles. The topological polar surface area (TPSA) is 64.0 Å². The van der Waals surface area contributed by atoms with Crippen LogP contribution in [0.25, 0.3) is 10.8 Å². The summed E-state index contributed by atoms with van der Waals surface area (Å²) in [4.78, 5) is 16.8. The minimum absolute atomic E-state index is 0.0459. The monoisotopic (exact) mass is 408 g/mol. The summed E-state index contributed by atoms with van der Waals surface area (Å²) in [6.45, 7) is 4.71. The number of aryl methyl sites for hydroxylation is 1. The highest BCUT2D eigenvalue weighted by molar-refractivity contribution is 7.80. The van der Waals surface area contributed by atoms with Crippen LogP contribution in [0.5, 0.6) is 11.5 Å². The molecular weight excluding hydrogens is 384 g/mol. The van der Waals surface area contributed by atoms with Crippen molar-refractivity contribution in [3.05, 3.63) is 71.3 Å². The molecule has 0 aliphatic carbocycles. The summed E-state index contributed by atoms with van der Waals surface area (Å²) < 4.78 is 0. The largest absolute Gasteiger partial charge is 0.504 e. The number of aromatic hydroxyl groups is 2. The van der Waals surface area contributed by atoms with Gasteiger partial charge in [-0.1, -0.05) is 36.4 Å². The van der Waals surface area contributed by atoms with E-state index in [-0.39, 0.29) is 22.8 Å². The van der Waals surface area contributed by atoms with E-state index in [2.05, 4.69) is 48.2 Å². The van der Waals surface area contributed by atoms with Gasteiger partial charge in [0.2, 0.25) is 0 Å². The second-order valence-corrected chi connectivity index (χ2v) is 7.91. The molecule has 2 N–H and O–H groups in total. The number of phenols is 2. The third-order valence-corrected chi connectivity index (χ3v) is 6.23. The molecular formula is C23H24N2O3S. The molecule has 1 aliphatic heterocycles. The van der Waals surface area contributed by atoms with Gasteiger partial charge in [0.15, 0.2) is 11.5 Å². The lowest BCUT2D eigenvalue weighted by atomic mass is 9.99. The summed E-state index contributed by atoms with van der Waals surface area (Å²) in [5.41, 5.74) is 2.80. The van der Waals surface area contributed by atoms with Crippen LogP contribution in [0.15, 0.2) is 54.6 Å². The number of hydrogen-bond donors (Lipinski definition) is 3. The first kappa shape index (κ1) is 19.6. The number of piperazine rings is 1. The lowest BCUT2D eigenvalue weighted by Gasteiger charge is -2.38. The highest BCUT2D eigenvalue weighted by Crippen LogP contribution is 2.33. The number of benzene rings is 3. The van der Waals surface area contributed by atoms with Gasteiger partial charge >= 0.3 is 0 Å². The summed E-state index contributed by atoms with van der Waals surface area (Å²) >= 11 is 4.91. The SMILES string of the molecule is Cc1ccc(C(S)N2CCN(C(=O)c3ccc(O)c(O)c3)CC2)c2ccccc12. The van der Waals surface area contributed by atoms with Crippen LogP contribution in [-0.2, 0) is 0 Å². The molecule has 6 heteroatoms. The maximum absolute atomic E-state index is 12.7. The van der Waals surface area contributed by atoms with E-state index in [4.69, 9.17) is 12.6 Å². The Morgan fingerprint density at radius 3 is 2.31 bits per heavy atom. The zero-order valence-corrected chi connectivity index (χ0v) is 17.1. The van der Waals surface area contributed by atoms with Gasteiger partial charge in [-0.15, -0.1) is 0 Å². The molecule has 150 valence electrons. The van der Waals surface area contributed by atoms with Gasteiger partial charge in [-0.05, 0) is 47.0 Å². The van der Waals surface area contributed by atoms with Crippen LogP contribution in [0.1, 0.15) is 26.9 Å². The molecule has 1 aliphatic rings. The van der Waals surface area contributed by atoms with Crippen molar-refractivity contribution in [1.82, 2.24) is 9.80 Å². The van der Waals surface area contributed by atoms with Crippen molar-refractivity contribution in [1.29, 1.82) is 0 Å². The molecule has 1 fully saturated rings. The van der Waals surface area contributed by atoms with Crippen molar-refractivity contribution >= 4 is 29.3 Å². The summed E-state index contributed by atoms with van der Waals surface area (Å²) in [5, 5.41) is 21.5. The highest BCUT2D eigenvalue weighted by atomic mass is 32.1. The molecule has 4 rings (SSSR count). The third-order valence-electron chi connectivity index (χ3n) is 5.62. The number of rotatable bonds is 3. The molecule has 1 unspecified atom stereocenters. The Morgan fingerprint density at radius 1 is 0.931 bits per heavy atom. The van der Waals surface area contributed by atoms with Crippen LogP contribution in [-0.4, -0.2) is 52.1 Å². The Morgan fingerprint density at radius 2 is 1.62 bits per heavy atom. The van der Waals surface area contributed by atoms with Crippen LogP contribution < -0.4 is 0 Å². The first-order valence-corrected chi connectivity index (χ1v) is 10.2. The summed E-state index contributed by atoms with van der Waals surface area (Å²) in [5.74, 6) is -0.651. The van der Waals surface area contributed by atoms with Gasteiger partial charge in [-0.3, -0.25) is 9.69 Å². The minimum Gasteiger partial charge on any atom is -0.504 e. The average molecular weight is 409 g/mol. The minimum atomic E-state index is -0.281. The lowest BCUT2D eigenvalue weighted by Crippen LogP contribution is -2.49. The Bertz CT molecular complexity index is 1060. The van der Waals surface area contributed by atoms with Crippen molar-refractivity contribution in [3.63, 3.8) is 0 Å². The molecule has 1 amide bonds. The van der Waals surface area contributed by atoms with Gasteiger partial charge in [-0.2, -0.15) is 12.6 Å². The molecule has 5 nitrogen and oxygen atoms in total. The maximum Gasteiger partial charge on any atom is 0.254 e. The van der Waals surface area contributed by atoms with Crippen molar-refractivity contribution in [2.75, 3.05) is 26.2 Å². The normalized spacial score (nSPS) is 16.1. The first-order valence-electron chi connectivity index (χ1n) is 9.67. The van der Waals surface area contributed by atoms with Crippen LogP contribution in [0.2, 0.25) is 0 Å². The molecule has 0 aromatic heterocycles. The summed E-state index contributed by atoms with van der Waals surface area (Å²) in [6.07, 6.45) is 0. The number of nitrogens with zero attached hydrogens (tertiary/aromatic N) is 2. The van der Waals surface area contributed by atoms with Crippen LogP contribution in [0.3, 0.4) is 0 Å². The highest BCUT2D eigenvalue weighted by Gasteiger charge is 2.27. The van der Waals surface area contributed by atoms with E-state index < -0.39 is 0 Å². The molecule has 3 aromatic rings. The van der Waals surface area contributed by atoms with E-state index in [1.54, 1.807) is 4.90 Å². The number of carbonyl (C=O) groups excluding carboxylic acids is 1.